The molecule has 0 unspecified atom stereocenters. The van der Waals surface area contributed by atoms with E-state index in [4.69, 9.17) is 0 Å². The van der Waals surface area contributed by atoms with Crippen molar-refractivity contribution in [2.45, 2.75) is 31.0 Å². The Morgan fingerprint density at radius 3 is 2.80 bits per heavy atom. The monoisotopic (exact) mass is 462 g/mol. The van der Waals surface area contributed by atoms with E-state index in [9.17, 15) is 13.2 Å². The summed E-state index contributed by atoms with van der Waals surface area (Å²) in [7, 11) is -1.43. The summed E-state index contributed by atoms with van der Waals surface area (Å²) in [6.45, 7) is 1.88. The maximum absolute atomic E-state index is 12.7. The zero-order valence-corrected chi connectivity index (χ0v) is 19.4. The van der Waals surface area contributed by atoms with Gasteiger partial charge in [-0.05, 0) is 48.6 Å². The summed E-state index contributed by atoms with van der Waals surface area (Å²) in [6, 6.07) is 9.19. The molecule has 0 N–H and O–H groups in total. The Morgan fingerprint density at radius 2 is 2.10 bits per heavy atom. The lowest BCUT2D eigenvalue weighted by atomic mass is 10.0. The van der Waals surface area contributed by atoms with Gasteiger partial charge in [0.15, 0.2) is 10.9 Å². The van der Waals surface area contributed by atoms with E-state index >= 15 is 0 Å². The van der Waals surface area contributed by atoms with Gasteiger partial charge in [-0.2, -0.15) is 0 Å². The first-order valence-electron chi connectivity index (χ1n) is 9.43. The maximum atomic E-state index is 12.7. The molecule has 10 heteroatoms. The van der Waals surface area contributed by atoms with Gasteiger partial charge in [0.1, 0.15) is 5.82 Å². The molecule has 0 fully saturated rings. The number of thiophene rings is 1. The average molecular weight is 463 g/mol. The largest absolute Gasteiger partial charge is 0.309 e. The highest BCUT2D eigenvalue weighted by molar-refractivity contribution is 7.99. The van der Waals surface area contributed by atoms with Crippen LogP contribution in [0.2, 0.25) is 0 Å². The number of carbonyl (C=O) groups is 1. The van der Waals surface area contributed by atoms with Crippen molar-refractivity contribution in [1.82, 2.24) is 14.8 Å². The zero-order chi connectivity index (χ0) is 21.5. The molecule has 158 valence electrons. The Bertz CT molecular complexity index is 1190. The molecule has 30 heavy (non-hydrogen) atoms. The van der Waals surface area contributed by atoms with Crippen molar-refractivity contribution >= 4 is 44.6 Å². The molecule has 1 aliphatic heterocycles. The maximum Gasteiger partial charge on any atom is 0.232 e. The first-order valence-corrected chi connectivity index (χ1v) is 13.1. The number of rotatable bonds is 7. The topological polar surface area (TPSA) is 85.2 Å². The number of thioether (sulfide) groups is 1. The minimum atomic E-state index is -3.34. The molecule has 1 atom stereocenters. The molecule has 0 saturated carbocycles. The fraction of sp³-hybridized carbons (Fsp3) is 0.350. The fourth-order valence-electron chi connectivity index (χ4n) is 3.69. The molecule has 1 aromatic carbocycles. The summed E-state index contributed by atoms with van der Waals surface area (Å²) < 4.78 is 27.5. The van der Waals surface area contributed by atoms with Gasteiger partial charge in [0.2, 0.25) is 10.0 Å². The lowest BCUT2D eigenvalue weighted by molar-refractivity contribution is 0.102. The number of benzene rings is 1. The van der Waals surface area contributed by atoms with E-state index in [0.29, 0.717) is 22.8 Å². The van der Waals surface area contributed by atoms with Gasteiger partial charge in [-0.15, -0.1) is 21.5 Å². The number of fused-ring (bicyclic) bond motifs is 1. The van der Waals surface area contributed by atoms with E-state index in [0.717, 1.165) is 17.8 Å². The quantitative estimate of drug-likeness (QED) is 0.396. The average Bonchev–Trinajstić information content (AvgIpc) is 3.39. The number of Topliss-reactive ketones (excluding diaryl/α,β-unsaturated/α-hetero) is 1. The molecular weight excluding hydrogens is 440 g/mol. The van der Waals surface area contributed by atoms with Gasteiger partial charge in [0, 0.05) is 30.0 Å². The van der Waals surface area contributed by atoms with Crippen LogP contribution in [-0.4, -0.2) is 47.0 Å². The predicted molar refractivity (Wildman–Crippen MR) is 120 cm³/mol. The SMILES string of the molecule is C[C@@H]1Cc2cc(C(=O)CSc3nnc(Cc4cccs4)n3C)ccc2N1S(C)(=O)=O. The molecule has 0 spiro atoms. The summed E-state index contributed by atoms with van der Waals surface area (Å²) in [6.07, 6.45) is 2.53. The number of carbonyl (C=O) groups excluding carboxylic acids is 1. The number of hydrogen-bond donors (Lipinski definition) is 0. The number of hydrogen-bond acceptors (Lipinski definition) is 7. The summed E-state index contributed by atoms with van der Waals surface area (Å²) in [5.74, 6) is 1.09. The first kappa shape index (κ1) is 21.1. The Hall–Kier alpha value is -2.17. The summed E-state index contributed by atoms with van der Waals surface area (Å²) in [5, 5.41) is 11.2. The van der Waals surface area contributed by atoms with Crippen molar-refractivity contribution in [2.75, 3.05) is 16.3 Å². The molecule has 7 nitrogen and oxygen atoms in total. The molecule has 2 aromatic heterocycles. The van der Waals surface area contributed by atoms with Gasteiger partial charge in [-0.3, -0.25) is 9.10 Å². The molecule has 1 aliphatic rings. The number of aromatic nitrogens is 3. The van der Waals surface area contributed by atoms with Crippen LogP contribution in [0.1, 0.15) is 33.5 Å². The highest BCUT2D eigenvalue weighted by Crippen LogP contribution is 2.35. The van der Waals surface area contributed by atoms with Gasteiger partial charge in [0.25, 0.3) is 0 Å². The second-order valence-electron chi connectivity index (χ2n) is 7.38. The molecule has 4 rings (SSSR count). The van der Waals surface area contributed by atoms with Crippen molar-refractivity contribution in [3.8, 4) is 0 Å². The van der Waals surface area contributed by atoms with E-state index in [1.165, 1.54) is 27.2 Å². The van der Waals surface area contributed by atoms with Crippen LogP contribution in [-0.2, 0) is 29.9 Å². The highest BCUT2D eigenvalue weighted by Gasteiger charge is 2.32. The van der Waals surface area contributed by atoms with Crippen molar-refractivity contribution in [3.05, 3.63) is 57.5 Å². The summed E-state index contributed by atoms with van der Waals surface area (Å²) in [4.78, 5) is 14.0. The molecule has 0 aliphatic carbocycles. The molecule has 3 aromatic rings. The van der Waals surface area contributed by atoms with Gasteiger partial charge in [-0.25, -0.2) is 8.42 Å². The van der Waals surface area contributed by atoms with Gasteiger partial charge in [0.05, 0.1) is 17.7 Å². The van der Waals surface area contributed by atoms with E-state index in [1.807, 2.05) is 36.1 Å². The van der Waals surface area contributed by atoms with Crippen LogP contribution in [0.3, 0.4) is 0 Å². The predicted octanol–water partition coefficient (Wildman–Crippen LogP) is 3.15. The summed E-state index contributed by atoms with van der Waals surface area (Å²) in [5.41, 5.74) is 2.14. The molecule has 0 bridgehead atoms. The standard InChI is InChI=1S/C20H22N4O3S3/c1-13-9-15-10-14(6-7-17(15)24(13)30(3,26)27)18(25)12-29-20-22-21-19(23(20)2)11-16-5-4-8-28-16/h4-8,10,13H,9,11-12H2,1-3H3/t13-/m1/s1. The van der Waals surface area contributed by atoms with Crippen LogP contribution >= 0.6 is 23.1 Å². The summed E-state index contributed by atoms with van der Waals surface area (Å²) >= 11 is 3.04. The van der Waals surface area contributed by atoms with E-state index in [2.05, 4.69) is 16.3 Å². The van der Waals surface area contributed by atoms with Crippen LogP contribution in [0, 0.1) is 0 Å². The van der Waals surface area contributed by atoms with Crippen LogP contribution in [0.15, 0.2) is 40.9 Å². The molecule has 0 amide bonds. The second kappa shape index (κ2) is 8.16. The Balaban J connectivity index is 1.44. The van der Waals surface area contributed by atoms with E-state index in [-0.39, 0.29) is 17.6 Å². The smallest absolute Gasteiger partial charge is 0.232 e. The molecule has 3 heterocycles. The van der Waals surface area contributed by atoms with Crippen LogP contribution in [0.25, 0.3) is 0 Å². The number of sulfonamides is 1. The normalized spacial score (nSPS) is 16.1. The van der Waals surface area contributed by atoms with E-state index < -0.39 is 10.0 Å². The minimum absolute atomic E-state index is 0.0175. The highest BCUT2D eigenvalue weighted by atomic mass is 32.2. The van der Waals surface area contributed by atoms with Gasteiger partial charge < -0.3 is 4.57 Å². The second-order valence-corrected chi connectivity index (χ2v) is 11.2. The number of anilines is 1. The zero-order valence-electron chi connectivity index (χ0n) is 16.9. The van der Waals surface area contributed by atoms with Crippen LogP contribution < -0.4 is 4.31 Å². The Labute approximate surface area is 184 Å². The molecule has 0 radical (unpaired) electrons. The van der Waals surface area contributed by atoms with Gasteiger partial charge in [-0.1, -0.05) is 17.8 Å². The third-order valence-corrected chi connectivity index (χ3v) is 8.25. The fourth-order valence-corrected chi connectivity index (χ4v) is 6.48. The van der Waals surface area contributed by atoms with Crippen molar-refractivity contribution in [1.29, 1.82) is 0 Å². The Morgan fingerprint density at radius 1 is 1.30 bits per heavy atom. The molecule has 0 saturated heterocycles. The van der Waals surface area contributed by atoms with Crippen molar-refractivity contribution in [3.63, 3.8) is 0 Å². The van der Waals surface area contributed by atoms with Crippen LogP contribution in [0.4, 0.5) is 5.69 Å². The van der Waals surface area contributed by atoms with E-state index in [1.54, 1.807) is 23.5 Å². The van der Waals surface area contributed by atoms with Gasteiger partial charge >= 0.3 is 0 Å². The number of nitrogens with zero attached hydrogens (tertiary/aromatic N) is 4. The third kappa shape index (κ3) is 4.17. The van der Waals surface area contributed by atoms with Crippen molar-refractivity contribution in [2.24, 2.45) is 7.05 Å². The number of ketones is 1. The van der Waals surface area contributed by atoms with Crippen LogP contribution in [0.5, 0.6) is 0 Å². The third-order valence-electron chi connectivity index (χ3n) is 5.08. The lowest BCUT2D eigenvalue weighted by Crippen LogP contribution is -2.34. The lowest BCUT2D eigenvalue weighted by Gasteiger charge is -2.21. The minimum Gasteiger partial charge on any atom is -0.309 e. The molecular formula is C20H22N4O3S3. The van der Waals surface area contributed by atoms with Crippen molar-refractivity contribution < 1.29 is 13.2 Å². The Kier molecular flexibility index (Phi) is 5.73. The first-order chi connectivity index (χ1) is 14.2.